The smallest absolute Gasteiger partial charge is 0.102 e. The highest BCUT2D eigenvalue weighted by atomic mass is 16.5. The van der Waals surface area contributed by atoms with E-state index in [-0.39, 0.29) is 6.61 Å². The summed E-state index contributed by atoms with van der Waals surface area (Å²) in [5.41, 5.74) is 0. The molecule has 0 aromatic carbocycles. The van der Waals surface area contributed by atoms with E-state index >= 15 is 0 Å². The first-order chi connectivity index (χ1) is 7.45. The molecule has 5 heteroatoms. The summed E-state index contributed by atoms with van der Waals surface area (Å²) in [4.78, 5) is 9.36. The Bertz CT molecular complexity index is 169. The Kier molecular flexibility index (Phi) is 12.0. The van der Waals surface area contributed by atoms with Crippen LogP contribution < -0.4 is 5.11 Å². The fraction of sp³-hybridized carbons (Fsp3) is 0.909. The Morgan fingerprint density at radius 1 is 1.19 bits per heavy atom. The van der Waals surface area contributed by atoms with Crippen LogP contribution in [-0.2, 0) is 14.3 Å². The van der Waals surface area contributed by atoms with Crippen LogP contribution >= 0.6 is 0 Å². The summed E-state index contributed by atoms with van der Waals surface area (Å²) in [6.45, 7) is 8.51. The molecule has 0 atom stereocenters. The topological polar surface area (TPSA) is 58.6 Å². The monoisotopic (exact) mass is 235 g/mol. The minimum atomic E-state index is -1.18. The maximum Gasteiger partial charge on any atom is 0.102 e. The highest BCUT2D eigenvalue weighted by Crippen LogP contribution is 1.99. The number of nitrogens with zero attached hydrogens (tertiary/aromatic N) is 1. The van der Waals surface area contributed by atoms with E-state index in [1.165, 1.54) is 20.2 Å². The molecule has 0 fully saturated rings. The van der Waals surface area contributed by atoms with Crippen LogP contribution in [0, 0.1) is 0 Å². The molecule has 0 saturated heterocycles. The molecule has 0 amide bonds. The van der Waals surface area contributed by atoms with Gasteiger partial charge in [-0.15, -0.1) is 0 Å². The van der Waals surface area contributed by atoms with Gasteiger partial charge in [-0.25, -0.2) is 0 Å². The van der Waals surface area contributed by atoms with Crippen molar-refractivity contribution in [2.75, 3.05) is 54.1 Å². The van der Waals surface area contributed by atoms with Gasteiger partial charge in [0.25, 0.3) is 0 Å². The normalized spacial score (nSPS) is 10.6. The molecule has 0 saturated carbocycles. The lowest BCUT2D eigenvalue weighted by Crippen LogP contribution is -2.45. The Morgan fingerprint density at radius 3 is 1.88 bits per heavy atom. The molecule has 0 heterocycles. The Morgan fingerprint density at radius 2 is 1.69 bits per heavy atom. The van der Waals surface area contributed by atoms with Crippen LogP contribution in [0.15, 0.2) is 0 Å². The zero-order valence-electron chi connectivity index (χ0n) is 11.1. The molecule has 0 aliphatic carbocycles. The molecule has 0 unspecified atom stereocenters. The lowest BCUT2D eigenvalue weighted by atomic mass is 10.4. The molecule has 0 aromatic heterocycles. The number of carboxylic acid groups (broad SMARTS) is 1. The molecule has 0 bridgehead atoms. The van der Waals surface area contributed by atoms with Crippen LogP contribution in [-0.4, -0.2) is 64.6 Å². The van der Waals surface area contributed by atoms with Crippen LogP contribution in [0.5, 0.6) is 0 Å². The van der Waals surface area contributed by atoms with Gasteiger partial charge in [0.15, 0.2) is 0 Å². The zero-order valence-corrected chi connectivity index (χ0v) is 11.1. The lowest BCUT2D eigenvalue weighted by molar-refractivity contribution is -0.906. The number of aliphatic carboxylic acids is 1. The highest BCUT2D eigenvalue weighted by molar-refractivity contribution is 5.65. The van der Waals surface area contributed by atoms with Crippen molar-refractivity contribution >= 4 is 5.97 Å². The van der Waals surface area contributed by atoms with E-state index in [4.69, 9.17) is 4.74 Å². The predicted molar refractivity (Wildman–Crippen MR) is 60.9 cm³/mol. The van der Waals surface area contributed by atoms with E-state index in [1.807, 2.05) is 0 Å². The summed E-state index contributed by atoms with van der Waals surface area (Å²) >= 11 is 0. The summed E-state index contributed by atoms with van der Waals surface area (Å²) < 4.78 is 10.3. The number of ether oxygens (including phenoxy) is 2. The molecule has 16 heavy (non-hydrogen) atoms. The van der Waals surface area contributed by atoms with Gasteiger partial charge in [0.05, 0.1) is 39.3 Å². The van der Waals surface area contributed by atoms with Gasteiger partial charge < -0.3 is 23.9 Å². The van der Waals surface area contributed by atoms with Crippen molar-refractivity contribution in [3.05, 3.63) is 0 Å². The van der Waals surface area contributed by atoms with Crippen LogP contribution in [0.25, 0.3) is 0 Å². The Labute approximate surface area is 98.5 Å². The van der Waals surface area contributed by atoms with Crippen molar-refractivity contribution in [3.63, 3.8) is 0 Å². The van der Waals surface area contributed by atoms with E-state index < -0.39 is 5.97 Å². The predicted octanol–water partition coefficient (Wildman–Crippen LogP) is -0.498. The largest absolute Gasteiger partial charge is 0.548 e. The number of carbonyl (C=O) groups is 1. The van der Waals surface area contributed by atoms with Gasteiger partial charge in [-0.3, -0.25) is 0 Å². The van der Waals surface area contributed by atoms with Gasteiger partial charge in [0.2, 0.25) is 0 Å². The minimum Gasteiger partial charge on any atom is -0.548 e. The number of rotatable bonds is 7. The van der Waals surface area contributed by atoms with Gasteiger partial charge in [0.1, 0.15) is 6.54 Å². The number of likely N-dealkylation sites (N-methyl/N-ethyl adjacent to an activating group) is 1. The second-order valence-electron chi connectivity index (χ2n) is 3.77. The molecule has 98 valence electrons. The van der Waals surface area contributed by atoms with E-state index in [2.05, 4.69) is 25.6 Å². The van der Waals surface area contributed by atoms with Crippen LogP contribution in [0.4, 0.5) is 0 Å². The maximum absolute atomic E-state index is 9.36. The van der Waals surface area contributed by atoms with Crippen molar-refractivity contribution in [3.8, 4) is 0 Å². The third kappa shape index (κ3) is 11.4. The van der Waals surface area contributed by atoms with E-state index in [0.717, 1.165) is 17.6 Å². The van der Waals surface area contributed by atoms with Gasteiger partial charge in [-0.1, -0.05) is 0 Å². The van der Waals surface area contributed by atoms with Gasteiger partial charge in [-0.05, 0) is 13.8 Å². The zero-order chi connectivity index (χ0) is 13.0. The highest BCUT2D eigenvalue weighted by Gasteiger charge is 2.14. The summed E-state index contributed by atoms with van der Waals surface area (Å²) in [7, 11) is 5.32. The second kappa shape index (κ2) is 10.9. The Balaban J connectivity index is 0. The van der Waals surface area contributed by atoms with Crippen molar-refractivity contribution in [1.82, 2.24) is 0 Å². The van der Waals surface area contributed by atoms with Gasteiger partial charge in [-0.2, -0.15) is 0 Å². The van der Waals surface area contributed by atoms with Gasteiger partial charge >= 0.3 is 0 Å². The SMILES string of the molecule is CC[N+](C)(CC)CCOC.COCC(=O)[O-]. The number of hydrogen-bond donors (Lipinski definition) is 0. The number of carboxylic acids is 1. The third-order valence-electron chi connectivity index (χ3n) is 2.62. The lowest BCUT2D eigenvalue weighted by Gasteiger charge is -2.31. The molecule has 0 aromatic rings. The first-order valence-corrected chi connectivity index (χ1v) is 5.47. The number of methoxy groups -OCH3 is 2. The number of carbonyl (C=O) groups excluding carboxylic acids is 1. The standard InChI is InChI=1S/C8H20NO.C3H6O3/c1-5-9(3,6-2)7-8-10-4;1-6-2-3(4)5/h5-8H2,1-4H3;2H2,1H3,(H,4,5)/q+1;/p-1. The fourth-order valence-corrected chi connectivity index (χ4v) is 0.969. The second-order valence-corrected chi connectivity index (χ2v) is 3.77. The number of quaternary nitrogens is 1. The van der Waals surface area contributed by atoms with Crippen LogP contribution in [0.2, 0.25) is 0 Å². The molecule has 0 aliphatic heterocycles. The molecule has 0 N–H and O–H groups in total. The van der Waals surface area contributed by atoms with Crippen molar-refractivity contribution < 1.29 is 23.9 Å². The molecule has 5 nitrogen and oxygen atoms in total. The molecule has 0 aliphatic rings. The summed E-state index contributed by atoms with van der Waals surface area (Å²) in [6.07, 6.45) is 0. The third-order valence-corrected chi connectivity index (χ3v) is 2.62. The average molecular weight is 235 g/mol. The summed E-state index contributed by atoms with van der Waals surface area (Å²) in [5.74, 6) is -1.18. The van der Waals surface area contributed by atoms with Crippen LogP contribution in [0.3, 0.4) is 0 Å². The summed E-state index contributed by atoms with van der Waals surface area (Å²) in [5, 5.41) is 9.36. The molecule has 0 rings (SSSR count). The van der Waals surface area contributed by atoms with E-state index in [0.29, 0.717) is 0 Å². The molecule has 0 spiro atoms. The first-order valence-electron chi connectivity index (χ1n) is 5.47. The van der Waals surface area contributed by atoms with Crippen LogP contribution in [0.1, 0.15) is 13.8 Å². The minimum absolute atomic E-state index is 0.319. The van der Waals surface area contributed by atoms with Crippen molar-refractivity contribution in [2.24, 2.45) is 0 Å². The van der Waals surface area contributed by atoms with Crippen molar-refractivity contribution in [2.45, 2.75) is 13.8 Å². The summed E-state index contributed by atoms with van der Waals surface area (Å²) in [6, 6.07) is 0. The molecular formula is C11H25NO4. The maximum atomic E-state index is 9.36. The van der Waals surface area contributed by atoms with Crippen molar-refractivity contribution in [1.29, 1.82) is 0 Å². The van der Waals surface area contributed by atoms with Gasteiger partial charge in [0, 0.05) is 14.2 Å². The van der Waals surface area contributed by atoms with E-state index in [1.54, 1.807) is 7.11 Å². The fourth-order valence-electron chi connectivity index (χ4n) is 0.969. The Hall–Kier alpha value is -0.650. The molecule has 0 radical (unpaired) electrons. The average Bonchev–Trinajstić information content (AvgIpc) is 2.26. The molecular weight excluding hydrogens is 210 g/mol. The quantitative estimate of drug-likeness (QED) is 0.558. The number of hydrogen-bond acceptors (Lipinski definition) is 4. The van der Waals surface area contributed by atoms with E-state index in [9.17, 15) is 9.90 Å². The first kappa shape index (κ1) is 17.7.